The van der Waals surface area contributed by atoms with Gasteiger partial charge in [-0.15, -0.1) is 0 Å². The van der Waals surface area contributed by atoms with Crippen molar-refractivity contribution in [2.24, 2.45) is 5.84 Å². The minimum absolute atomic E-state index is 0.0174. The Morgan fingerprint density at radius 2 is 1.92 bits per heavy atom. The lowest BCUT2D eigenvalue weighted by Crippen LogP contribution is -2.31. The van der Waals surface area contributed by atoms with Crippen LogP contribution in [0.15, 0.2) is 9.59 Å². The van der Waals surface area contributed by atoms with Crippen LogP contribution < -0.4 is 17.1 Å². The van der Waals surface area contributed by atoms with Crippen LogP contribution in [0.25, 0.3) is 0 Å². The van der Waals surface area contributed by atoms with E-state index < -0.39 is 17.2 Å². The first-order valence-electron chi connectivity index (χ1n) is 3.51. The first-order chi connectivity index (χ1) is 6.09. The average Bonchev–Trinajstić information content (AvgIpc) is 2.32. The molecular weight excluding hydrogens is 176 g/mol. The highest BCUT2D eigenvalue weighted by atomic mass is 16.2. The van der Waals surface area contributed by atoms with Gasteiger partial charge in [-0.05, 0) is 0 Å². The number of carbonyl (C=O) groups excluding carboxylic acids is 1. The molecule has 7 heteroatoms. The molecule has 1 aromatic rings. The largest absolute Gasteiger partial charge is 0.326 e. The SMILES string of the molecule is NN1Cc2c([nH]c(=O)[nH]c2=O)C1=O. The van der Waals surface area contributed by atoms with Crippen molar-refractivity contribution in [3.05, 3.63) is 32.1 Å². The molecule has 0 unspecified atom stereocenters. The Labute approximate surface area is 71.1 Å². The third-order valence-corrected chi connectivity index (χ3v) is 1.84. The number of fused-ring (bicyclic) bond motifs is 1. The maximum absolute atomic E-state index is 11.2. The zero-order valence-corrected chi connectivity index (χ0v) is 6.46. The molecule has 0 radical (unpaired) electrons. The number of rotatable bonds is 0. The number of hydrogen-bond donors (Lipinski definition) is 3. The highest BCUT2D eigenvalue weighted by Crippen LogP contribution is 2.11. The summed E-state index contributed by atoms with van der Waals surface area (Å²) < 4.78 is 0. The average molecular weight is 182 g/mol. The van der Waals surface area contributed by atoms with E-state index in [4.69, 9.17) is 5.84 Å². The van der Waals surface area contributed by atoms with E-state index in [0.29, 0.717) is 0 Å². The van der Waals surface area contributed by atoms with Crippen LogP contribution in [-0.2, 0) is 6.54 Å². The molecule has 2 rings (SSSR count). The molecule has 0 aliphatic carbocycles. The molecule has 0 saturated heterocycles. The fourth-order valence-electron chi connectivity index (χ4n) is 1.23. The Kier molecular flexibility index (Phi) is 1.37. The summed E-state index contributed by atoms with van der Waals surface area (Å²) in [5, 5.41) is 0.871. The molecule has 1 aromatic heterocycles. The maximum Gasteiger partial charge on any atom is 0.326 e. The van der Waals surface area contributed by atoms with Gasteiger partial charge in [-0.25, -0.2) is 10.6 Å². The molecule has 7 nitrogen and oxygen atoms in total. The van der Waals surface area contributed by atoms with Crippen LogP contribution in [0.1, 0.15) is 16.1 Å². The summed E-state index contributed by atoms with van der Waals surface area (Å²) >= 11 is 0. The summed E-state index contributed by atoms with van der Waals surface area (Å²) in [4.78, 5) is 37.3. The Morgan fingerprint density at radius 3 is 2.62 bits per heavy atom. The van der Waals surface area contributed by atoms with Gasteiger partial charge in [0.15, 0.2) is 0 Å². The van der Waals surface area contributed by atoms with Crippen molar-refractivity contribution in [1.29, 1.82) is 0 Å². The predicted molar refractivity (Wildman–Crippen MR) is 41.7 cm³/mol. The van der Waals surface area contributed by atoms with Crippen molar-refractivity contribution >= 4 is 5.91 Å². The van der Waals surface area contributed by atoms with E-state index in [0.717, 1.165) is 5.01 Å². The Balaban J connectivity index is 2.78. The summed E-state index contributed by atoms with van der Waals surface area (Å²) in [6, 6.07) is 0. The molecule has 0 saturated carbocycles. The number of nitrogens with one attached hydrogen (secondary N) is 2. The van der Waals surface area contributed by atoms with Crippen LogP contribution in [0.5, 0.6) is 0 Å². The summed E-state index contributed by atoms with van der Waals surface area (Å²) in [5.74, 6) is 4.71. The first-order valence-corrected chi connectivity index (χ1v) is 3.51. The summed E-state index contributed by atoms with van der Waals surface area (Å²) in [6.07, 6.45) is 0. The van der Waals surface area contributed by atoms with Gasteiger partial charge >= 0.3 is 5.69 Å². The number of amides is 1. The third-order valence-electron chi connectivity index (χ3n) is 1.84. The molecule has 68 valence electrons. The van der Waals surface area contributed by atoms with E-state index in [1.54, 1.807) is 0 Å². The predicted octanol–water partition coefficient (Wildman–Crippen LogP) is -2.11. The molecule has 4 N–H and O–H groups in total. The van der Waals surface area contributed by atoms with Crippen molar-refractivity contribution in [3.63, 3.8) is 0 Å². The number of nitrogens with two attached hydrogens (primary N) is 1. The van der Waals surface area contributed by atoms with Crippen LogP contribution in [-0.4, -0.2) is 20.9 Å². The fourth-order valence-corrected chi connectivity index (χ4v) is 1.23. The second-order valence-corrected chi connectivity index (χ2v) is 2.69. The molecule has 0 fully saturated rings. The van der Waals surface area contributed by atoms with Gasteiger partial charge in [-0.3, -0.25) is 19.6 Å². The zero-order valence-electron chi connectivity index (χ0n) is 6.46. The molecule has 2 heterocycles. The molecule has 1 aliphatic rings. The first kappa shape index (κ1) is 7.74. The van der Waals surface area contributed by atoms with Gasteiger partial charge in [0.2, 0.25) is 0 Å². The van der Waals surface area contributed by atoms with Crippen molar-refractivity contribution in [2.45, 2.75) is 6.54 Å². The van der Waals surface area contributed by atoms with E-state index in [2.05, 4.69) is 4.98 Å². The Hall–Kier alpha value is -1.89. The molecule has 0 bridgehead atoms. The second kappa shape index (κ2) is 2.30. The molecule has 0 aromatic carbocycles. The van der Waals surface area contributed by atoms with E-state index >= 15 is 0 Å². The fraction of sp³-hybridized carbons (Fsp3) is 0.167. The van der Waals surface area contributed by atoms with Crippen LogP contribution >= 0.6 is 0 Å². The Bertz CT molecular complexity index is 485. The standard InChI is InChI=1S/C6H6N4O3/c7-10-1-2-3(5(10)12)8-6(13)9-4(2)11/h1,7H2,(H2,8,9,11,13). The van der Waals surface area contributed by atoms with E-state index in [-0.39, 0.29) is 17.8 Å². The van der Waals surface area contributed by atoms with Crippen LogP contribution in [0.2, 0.25) is 0 Å². The zero-order chi connectivity index (χ0) is 9.59. The van der Waals surface area contributed by atoms with Crippen molar-refractivity contribution < 1.29 is 4.79 Å². The summed E-state index contributed by atoms with van der Waals surface area (Å²) in [5.41, 5.74) is -1.09. The van der Waals surface area contributed by atoms with E-state index in [9.17, 15) is 14.4 Å². The third kappa shape index (κ3) is 0.975. The highest BCUT2D eigenvalue weighted by molar-refractivity contribution is 5.95. The van der Waals surface area contributed by atoms with Crippen LogP contribution in [0.4, 0.5) is 0 Å². The second-order valence-electron chi connectivity index (χ2n) is 2.69. The molecule has 1 aliphatic heterocycles. The van der Waals surface area contributed by atoms with Crippen LogP contribution in [0, 0.1) is 0 Å². The lowest BCUT2D eigenvalue weighted by Gasteiger charge is -2.03. The monoisotopic (exact) mass is 182 g/mol. The number of nitrogens with zero attached hydrogens (tertiary/aromatic N) is 1. The highest BCUT2D eigenvalue weighted by Gasteiger charge is 2.28. The molecule has 13 heavy (non-hydrogen) atoms. The van der Waals surface area contributed by atoms with E-state index in [1.165, 1.54) is 0 Å². The molecule has 0 atom stereocenters. The molecular formula is C6H6N4O3. The minimum Gasteiger partial charge on any atom is -0.302 e. The smallest absolute Gasteiger partial charge is 0.302 e. The quantitative estimate of drug-likeness (QED) is 0.315. The van der Waals surface area contributed by atoms with E-state index in [1.807, 2.05) is 4.98 Å². The van der Waals surface area contributed by atoms with Gasteiger partial charge in [0.25, 0.3) is 11.5 Å². The van der Waals surface area contributed by atoms with Gasteiger partial charge in [-0.2, -0.15) is 0 Å². The number of carbonyl (C=O) groups is 1. The minimum atomic E-state index is -0.701. The maximum atomic E-state index is 11.2. The normalized spacial score (nSPS) is 14.8. The van der Waals surface area contributed by atoms with Crippen LogP contribution in [0.3, 0.4) is 0 Å². The topological polar surface area (TPSA) is 112 Å². The summed E-state index contributed by atoms with van der Waals surface area (Å²) in [6.45, 7) is 0.0281. The molecule has 1 amide bonds. The number of H-pyrrole nitrogens is 2. The molecule has 0 spiro atoms. The lowest BCUT2D eigenvalue weighted by atomic mass is 10.3. The van der Waals surface area contributed by atoms with Gasteiger partial charge in [0.05, 0.1) is 12.1 Å². The number of hydrogen-bond acceptors (Lipinski definition) is 4. The Morgan fingerprint density at radius 1 is 1.23 bits per heavy atom. The van der Waals surface area contributed by atoms with Gasteiger partial charge in [0.1, 0.15) is 5.69 Å². The number of aromatic amines is 2. The van der Waals surface area contributed by atoms with Crippen molar-refractivity contribution in [2.75, 3.05) is 0 Å². The lowest BCUT2D eigenvalue weighted by molar-refractivity contribution is 0.0774. The number of hydrazine groups is 1. The number of aromatic nitrogens is 2. The summed E-state index contributed by atoms with van der Waals surface area (Å²) in [7, 11) is 0. The van der Waals surface area contributed by atoms with Gasteiger partial charge in [-0.1, -0.05) is 0 Å². The van der Waals surface area contributed by atoms with Crippen molar-refractivity contribution in [1.82, 2.24) is 15.0 Å². The van der Waals surface area contributed by atoms with Gasteiger partial charge < -0.3 is 4.98 Å². The van der Waals surface area contributed by atoms with Gasteiger partial charge in [0, 0.05) is 0 Å². The van der Waals surface area contributed by atoms with Crippen molar-refractivity contribution in [3.8, 4) is 0 Å².